The van der Waals surface area contributed by atoms with E-state index in [1.165, 1.54) is 11.8 Å². The van der Waals surface area contributed by atoms with Crippen LogP contribution >= 0.6 is 11.8 Å². The van der Waals surface area contributed by atoms with E-state index >= 15 is 0 Å². The van der Waals surface area contributed by atoms with Crippen molar-refractivity contribution in [1.29, 1.82) is 0 Å². The Bertz CT molecular complexity index is 773. The number of nitrogens with one attached hydrogen (secondary N) is 1. The Morgan fingerprint density at radius 2 is 2.00 bits per heavy atom. The van der Waals surface area contributed by atoms with Gasteiger partial charge in [0, 0.05) is 12.1 Å². The molecule has 1 aromatic carbocycles. The summed E-state index contributed by atoms with van der Waals surface area (Å²) in [5, 5.41) is 12.0. The number of nitrogens with zero attached hydrogens (tertiary/aromatic N) is 3. The smallest absolute Gasteiger partial charge is 0.251 e. The topological polar surface area (TPSA) is 103 Å². The van der Waals surface area contributed by atoms with Gasteiger partial charge in [-0.25, -0.2) is 0 Å². The molecule has 0 aliphatic heterocycles. The van der Waals surface area contributed by atoms with E-state index in [0.717, 1.165) is 0 Å². The van der Waals surface area contributed by atoms with E-state index in [1.54, 1.807) is 18.2 Å². The van der Waals surface area contributed by atoms with Gasteiger partial charge < -0.3 is 15.6 Å². The number of primary amides is 1. The molecule has 2 rings (SSSR count). The molecule has 1 heterocycles. The molecule has 0 spiro atoms. The van der Waals surface area contributed by atoms with Gasteiger partial charge in [-0.05, 0) is 18.1 Å². The average Bonchev–Trinajstić information content (AvgIpc) is 3.01. The molecule has 0 fully saturated rings. The Kier molecular flexibility index (Phi) is 6.97. The molecule has 3 N–H and O–H groups in total. The van der Waals surface area contributed by atoms with E-state index in [0.29, 0.717) is 23.1 Å². The van der Waals surface area contributed by atoms with Gasteiger partial charge in [-0.15, -0.1) is 16.8 Å². The van der Waals surface area contributed by atoms with Crippen LogP contribution in [0.2, 0.25) is 0 Å². The summed E-state index contributed by atoms with van der Waals surface area (Å²) in [4.78, 5) is 23.6. The quantitative estimate of drug-likeness (QED) is 0.518. The molecular weight excluding hydrogens is 350 g/mol. The third kappa shape index (κ3) is 4.95. The van der Waals surface area contributed by atoms with Crippen LogP contribution < -0.4 is 11.1 Å². The van der Waals surface area contributed by atoms with E-state index in [-0.39, 0.29) is 23.6 Å². The zero-order valence-electron chi connectivity index (χ0n) is 14.9. The lowest BCUT2D eigenvalue weighted by Gasteiger charge is -2.22. The van der Waals surface area contributed by atoms with Gasteiger partial charge >= 0.3 is 0 Å². The first-order valence-electron chi connectivity index (χ1n) is 8.25. The molecule has 1 atom stereocenters. The number of amides is 2. The van der Waals surface area contributed by atoms with Gasteiger partial charge in [0.25, 0.3) is 5.91 Å². The molecule has 0 aliphatic carbocycles. The number of carbonyl (C=O) groups excluding carboxylic acids is 2. The third-order valence-electron chi connectivity index (χ3n) is 3.67. The highest BCUT2D eigenvalue weighted by Gasteiger charge is 2.26. The number of thioether (sulfide) groups is 1. The van der Waals surface area contributed by atoms with Crippen LogP contribution in [0.1, 0.15) is 36.1 Å². The first-order chi connectivity index (χ1) is 12.4. The normalized spacial score (nSPS) is 12.0. The Balaban J connectivity index is 2.29. The van der Waals surface area contributed by atoms with Crippen LogP contribution in [-0.4, -0.2) is 32.3 Å². The van der Waals surface area contributed by atoms with Crippen molar-refractivity contribution in [1.82, 2.24) is 20.1 Å². The number of allylic oxidation sites excluding steroid dienone is 1. The van der Waals surface area contributed by atoms with E-state index < -0.39 is 5.91 Å². The summed E-state index contributed by atoms with van der Waals surface area (Å²) < 4.78 is 1.84. The predicted octanol–water partition coefficient (Wildman–Crippen LogP) is 2.17. The molecule has 2 amide bonds. The largest absolute Gasteiger partial charge is 0.369 e. The zero-order chi connectivity index (χ0) is 19.1. The maximum atomic E-state index is 12.6. The molecule has 2 aromatic rings. The lowest BCUT2D eigenvalue weighted by Crippen LogP contribution is -2.33. The minimum atomic E-state index is -0.428. The molecular formula is C18H23N5O2S. The van der Waals surface area contributed by atoms with Gasteiger partial charge in [0.2, 0.25) is 5.91 Å². The fraction of sp³-hybridized carbons (Fsp3) is 0.333. The Morgan fingerprint density at radius 1 is 1.31 bits per heavy atom. The standard InChI is InChI=1S/C18H23N5O2S/c1-4-10-23-16(21-22-18(23)26-11-14(19)24)15(12(2)3)20-17(25)13-8-6-5-7-9-13/h4-9,12,15H,1,10-11H2,2-3H3,(H2,19,24)(H,20,25)/t15-/m1/s1. The zero-order valence-corrected chi connectivity index (χ0v) is 15.7. The Labute approximate surface area is 157 Å². The number of nitrogens with two attached hydrogens (primary N) is 1. The fourth-order valence-electron chi connectivity index (χ4n) is 2.42. The molecule has 0 saturated carbocycles. The van der Waals surface area contributed by atoms with Gasteiger partial charge in [0.05, 0.1) is 11.8 Å². The summed E-state index contributed by atoms with van der Waals surface area (Å²) in [5.41, 5.74) is 5.79. The van der Waals surface area contributed by atoms with Crippen molar-refractivity contribution < 1.29 is 9.59 Å². The van der Waals surface area contributed by atoms with Gasteiger partial charge in [-0.3, -0.25) is 9.59 Å². The molecule has 0 unspecified atom stereocenters. The first kappa shape index (κ1) is 19.7. The number of carbonyl (C=O) groups is 2. The van der Waals surface area contributed by atoms with Crippen LogP contribution in [0.15, 0.2) is 48.1 Å². The summed E-state index contributed by atoms with van der Waals surface area (Å²) in [6.45, 7) is 8.23. The van der Waals surface area contributed by atoms with Gasteiger partial charge in [0.1, 0.15) is 0 Å². The van der Waals surface area contributed by atoms with E-state index in [1.807, 2.05) is 36.6 Å². The third-order valence-corrected chi connectivity index (χ3v) is 4.66. The second-order valence-corrected chi connectivity index (χ2v) is 7.00. The number of benzene rings is 1. The lowest BCUT2D eigenvalue weighted by atomic mass is 10.0. The van der Waals surface area contributed by atoms with Gasteiger partial charge in [0.15, 0.2) is 11.0 Å². The van der Waals surface area contributed by atoms with E-state index in [4.69, 9.17) is 5.73 Å². The summed E-state index contributed by atoms with van der Waals surface area (Å²) in [5.74, 6) is 0.213. The van der Waals surface area contributed by atoms with Crippen molar-refractivity contribution >= 4 is 23.6 Å². The highest BCUT2D eigenvalue weighted by atomic mass is 32.2. The molecule has 7 nitrogen and oxygen atoms in total. The van der Waals surface area contributed by atoms with Crippen LogP contribution in [0.4, 0.5) is 0 Å². The molecule has 26 heavy (non-hydrogen) atoms. The molecule has 1 aromatic heterocycles. The molecule has 8 heteroatoms. The maximum Gasteiger partial charge on any atom is 0.251 e. The van der Waals surface area contributed by atoms with E-state index in [9.17, 15) is 9.59 Å². The maximum absolute atomic E-state index is 12.6. The number of aromatic nitrogens is 3. The van der Waals surface area contributed by atoms with Gasteiger partial charge in [-0.1, -0.05) is 49.9 Å². The van der Waals surface area contributed by atoms with Crippen molar-refractivity contribution in [3.8, 4) is 0 Å². The SMILES string of the molecule is C=CCn1c(SCC(N)=O)nnc1[C@H](NC(=O)c1ccccc1)C(C)C. The van der Waals surface area contributed by atoms with E-state index in [2.05, 4.69) is 22.1 Å². The summed E-state index contributed by atoms with van der Waals surface area (Å²) in [6.07, 6.45) is 1.72. The Hall–Kier alpha value is -2.61. The van der Waals surface area contributed by atoms with Crippen LogP contribution in [-0.2, 0) is 11.3 Å². The fourth-order valence-corrected chi connectivity index (χ4v) is 3.11. The summed E-state index contributed by atoms with van der Waals surface area (Å²) >= 11 is 1.21. The number of hydrogen-bond donors (Lipinski definition) is 2. The molecule has 138 valence electrons. The second-order valence-electron chi connectivity index (χ2n) is 6.06. The molecule has 0 saturated heterocycles. The highest BCUT2D eigenvalue weighted by molar-refractivity contribution is 7.99. The van der Waals surface area contributed by atoms with Crippen LogP contribution in [0.3, 0.4) is 0 Å². The molecule has 0 bridgehead atoms. The summed E-state index contributed by atoms with van der Waals surface area (Å²) in [6, 6.07) is 8.68. The average molecular weight is 373 g/mol. The molecule has 0 aliphatic rings. The first-order valence-corrected chi connectivity index (χ1v) is 9.23. The second kappa shape index (κ2) is 9.19. The number of rotatable bonds is 9. The van der Waals surface area contributed by atoms with Gasteiger partial charge in [-0.2, -0.15) is 0 Å². The number of hydrogen-bond acceptors (Lipinski definition) is 5. The van der Waals surface area contributed by atoms with Crippen LogP contribution in [0.25, 0.3) is 0 Å². The minimum absolute atomic E-state index is 0.0874. The van der Waals surface area contributed by atoms with Crippen molar-refractivity contribution in [2.75, 3.05) is 5.75 Å². The minimum Gasteiger partial charge on any atom is -0.369 e. The van der Waals surface area contributed by atoms with Crippen molar-refractivity contribution in [3.63, 3.8) is 0 Å². The van der Waals surface area contributed by atoms with Crippen molar-refractivity contribution in [2.24, 2.45) is 11.7 Å². The Morgan fingerprint density at radius 3 is 2.58 bits per heavy atom. The monoisotopic (exact) mass is 373 g/mol. The lowest BCUT2D eigenvalue weighted by molar-refractivity contribution is -0.115. The molecule has 0 radical (unpaired) electrons. The highest BCUT2D eigenvalue weighted by Crippen LogP contribution is 2.25. The van der Waals surface area contributed by atoms with Crippen molar-refractivity contribution in [3.05, 3.63) is 54.4 Å². The van der Waals surface area contributed by atoms with Crippen LogP contribution in [0.5, 0.6) is 0 Å². The van der Waals surface area contributed by atoms with Crippen LogP contribution in [0, 0.1) is 5.92 Å². The van der Waals surface area contributed by atoms with Crippen molar-refractivity contribution in [2.45, 2.75) is 31.6 Å². The summed E-state index contributed by atoms with van der Waals surface area (Å²) in [7, 11) is 0. The predicted molar refractivity (Wildman–Crippen MR) is 102 cm³/mol.